The van der Waals surface area contributed by atoms with Crippen molar-refractivity contribution < 1.29 is 18.7 Å². The number of furan rings is 1. The number of carbonyl (C=O) groups excluding carboxylic acids is 1. The number of methoxy groups -OCH3 is 2. The Bertz CT molecular complexity index is 373. The van der Waals surface area contributed by atoms with Crippen LogP contribution < -0.4 is 11.3 Å². The summed E-state index contributed by atoms with van der Waals surface area (Å²) in [5.74, 6) is 5.51. The van der Waals surface area contributed by atoms with Crippen molar-refractivity contribution >= 4 is 5.91 Å². The number of carbonyl (C=O) groups is 1. The van der Waals surface area contributed by atoms with Crippen molar-refractivity contribution in [3.8, 4) is 0 Å². The third-order valence-electron chi connectivity index (χ3n) is 2.62. The third kappa shape index (κ3) is 5.39. The van der Waals surface area contributed by atoms with Gasteiger partial charge in [-0.2, -0.15) is 0 Å². The highest BCUT2D eigenvalue weighted by molar-refractivity contribution is 5.90. The molecule has 0 aliphatic heterocycles. The predicted octanol–water partition coefficient (Wildman–Crippen LogP) is -0.0221. The lowest BCUT2D eigenvalue weighted by Gasteiger charge is -2.20. The Balaban J connectivity index is 2.56. The van der Waals surface area contributed by atoms with E-state index in [1.54, 1.807) is 26.4 Å². The quantitative estimate of drug-likeness (QED) is 0.373. The molecule has 108 valence electrons. The van der Waals surface area contributed by atoms with Gasteiger partial charge in [0.2, 0.25) is 0 Å². The zero-order valence-electron chi connectivity index (χ0n) is 11.3. The van der Waals surface area contributed by atoms with E-state index in [2.05, 4.69) is 4.90 Å². The van der Waals surface area contributed by atoms with Crippen molar-refractivity contribution in [2.24, 2.45) is 5.84 Å². The fourth-order valence-corrected chi connectivity index (χ4v) is 1.59. The number of amides is 1. The minimum absolute atomic E-state index is 0.205. The van der Waals surface area contributed by atoms with Crippen LogP contribution in [0.4, 0.5) is 0 Å². The van der Waals surface area contributed by atoms with Crippen LogP contribution in [-0.4, -0.2) is 51.3 Å². The highest BCUT2D eigenvalue weighted by Crippen LogP contribution is 2.10. The van der Waals surface area contributed by atoms with Gasteiger partial charge < -0.3 is 13.9 Å². The van der Waals surface area contributed by atoms with Gasteiger partial charge in [-0.15, -0.1) is 0 Å². The maximum atomic E-state index is 11.3. The van der Waals surface area contributed by atoms with E-state index in [9.17, 15) is 4.79 Å². The molecule has 1 rings (SSSR count). The molecule has 0 aliphatic rings. The second-order valence-corrected chi connectivity index (χ2v) is 4.00. The van der Waals surface area contributed by atoms with Crippen molar-refractivity contribution in [1.82, 2.24) is 10.3 Å². The average Bonchev–Trinajstić information content (AvgIpc) is 2.89. The molecule has 0 aliphatic carbocycles. The van der Waals surface area contributed by atoms with Crippen molar-refractivity contribution in [3.63, 3.8) is 0 Å². The number of nitrogens with zero attached hydrogens (tertiary/aromatic N) is 1. The molecule has 1 amide bonds. The first kappa shape index (κ1) is 15.6. The van der Waals surface area contributed by atoms with Gasteiger partial charge in [0.25, 0.3) is 0 Å². The summed E-state index contributed by atoms with van der Waals surface area (Å²) in [5, 5.41) is 0. The van der Waals surface area contributed by atoms with Crippen molar-refractivity contribution in [2.45, 2.75) is 6.54 Å². The summed E-state index contributed by atoms with van der Waals surface area (Å²) >= 11 is 0. The van der Waals surface area contributed by atoms with Gasteiger partial charge in [0.15, 0.2) is 5.76 Å². The standard InChI is InChI=1S/C12H21N3O4/c1-17-7-5-15(6-8-18-2)9-10-3-4-11(19-10)12(16)14-13/h3-4H,5-9,13H2,1-2H3,(H,14,16). The van der Waals surface area contributed by atoms with Crippen LogP contribution in [-0.2, 0) is 16.0 Å². The smallest absolute Gasteiger partial charge is 0.300 e. The number of nitrogens with two attached hydrogens (primary N) is 1. The van der Waals surface area contributed by atoms with Gasteiger partial charge in [-0.1, -0.05) is 0 Å². The van der Waals surface area contributed by atoms with Gasteiger partial charge in [0.1, 0.15) is 5.76 Å². The molecule has 1 heterocycles. The zero-order chi connectivity index (χ0) is 14.1. The van der Waals surface area contributed by atoms with E-state index < -0.39 is 5.91 Å². The van der Waals surface area contributed by atoms with Crippen LogP contribution >= 0.6 is 0 Å². The summed E-state index contributed by atoms with van der Waals surface area (Å²) in [6.45, 7) is 3.36. The maximum absolute atomic E-state index is 11.3. The van der Waals surface area contributed by atoms with Gasteiger partial charge in [-0.25, -0.2) is 5.84 Å². The number of nitrogens with one attached hydrogen (secondary N) is 1. The van der Waals surface area contributed by atoms with Gasteiger partial charge in [-0.3, -0.25) is 15.1 Å². The number of ether oxygens (including phenoxy) is 2. The third-order valence-corrected chi connectivity index (χ3v) is 2.62. The molecule has 1 aromatic rings. The second kappa shape index (κ2) is 8.65. The predicted molar refractivity (Wildman–Crippen MR) is 69.4 cm³/mol. The fourth-order valence-electron chi connectivity index (χ4n) is 1.59. The summed E-state index contributed by atoms with van der Waals surface area (Å²) in [6, 6.07) is 3.36. The molecule has 7 nitrogen and oxygen atoms in total. The molecule has 1 aromatic heterocycles. The number of hydrazine groups is 1. The van der Waals surface area contributed by atoms with Crippen LogP contribution in [0, 0.1) is 0 Å². The van der Waals surface area contributed by atoms with E-state index in [4.69, 9.17) is 19.7 Å². The lowest BCUT2D eigenvalue weighted by Crippen LogP contribution is -2.30. The highest BCUT2D eigenvalue weighted by atomic mass is 16.5. The van der Waals surface area contributed by atoms with E-state index in [1.807, 2.05) is 5.43 Å². The molecule has 0 radical (unpaired) electrons. The Kier molecular flexibility index (Phi) is 7.12. The molecule has 7 heteroatoms. The van der Waals surface area contributed by atoms with E-state index in [0.717, 1.165) is 13.1 Å². The van der Waals surface area contributed by atoms with E-state index >= 15 is 0 Å². The first-order valence-electron chi connectivity index (χ1n) is 6.01. The van der Waals surface area contributed by atoms with Crippen LogP contribution in [0.5, 0.6) is 0 Å². The molecule has 0 fully saturated rings. The fraction of sp³-hybridized carbons (Fsp3) is 0.583. The first-order valence-corrected chi connectivity index (χ1v) is 6.01. The average molecular weight is 271 g/mol. The van der Waals surface area contributed by atoms with Gasteiger partial charge in [0, 0.05) is 27.3 Å². The lowest BCUT2D eigenvalue weighted by molar-refractivity contribution is 0.0911. The molecule has 19 heavy (non-hydrogen) atoms. The molecular formula is C12H21N3O4. The van der Waals surface area contributed by atoms with Crippen molar-refractivity contribution in [3.05, 3.63) is 23.7 Å². The summed E-state index contributed by atoms with van der Waals surface area (Å²) in [7, 11) is 3.32. The minimum Gasteiger partial charge on any atom is -0.455 e. The monoisotopic (exact) mass is 271 g/mol. The number of hydrogen-bond acceptors (Lipinski definition) is 6. The molecule has 0 saturated heterocycles. The summed E-state index contributed by atoms with van der Waals surface area (Å²) < 4.78 is 15.5. The van der Waals surface area contributed by atoms with E-state index in [0.29, 0.717) is 25.5 Å². The Morgan fingerprint density at radius 3 is 2.47 bits per heavy atom. The molecular weight excluding hydrogens is 250 g/mol. The van der Waals surface area contributed by atoms with E-state index in [-0.39, 0.29) is 5.76 Å². The molecule has 0 atom stereocenters. The Hall–Kier alpha value is -1.41. The van der Waals surface area contributed by atoms with Gasteiger partial charge in [-0.05, 0) is 12.1 Å². The van der Waals surface area contributed by atoms with Gasteiger partial charge in [0.05, 0.1) is 19.8 Å². The van der Waals surface area contributed by atoms with Crippen LogP contribution in [0.15, 0.2) is 16.5 Å². The summed E-state index contributed by atoms with van der Waals surface area (Å²) in [4.78, 5) is 13.4. The summed E-state index contributed by atoms with van der Waals surface area (Å²) in [5.41, 5.74) is 2.03. The topological polar surface area (TPSA) is 90.0 Å². The lowest BCUT2D eigenvalue weighted by atomic mass is 10.3. The Morgan fingerprint density at radius 1 is 1.32 bits per heavy atom. The van der Waals surface area contributed by atoms with E-state index in [1.165, 1.54) is 0 Å². The largest absolute Gasteiger partial charge is 0.455 e. The minimum atomic E-state index is -0.438. The SMILES string of the molecule is COCCN(CCOC)Cc1ccc(C(=O)NN)o1. The zero-order valence-corrected chi connectivity index (χ0v) is 11.3. The molecule has 0 aromatic carbocycles. The van der Waals surface area contributed by atoms with Crippen LogP contribution in [0.1, 0.15) is 16.3 Å². The molecule has 0 unspecified atom stereocenters. The second-order valence-electron chi connectivity index (χ2n) is 4.00. The van der Waals surface area contributed by atoms with Crippen LogP contribution in [0.2, 0.25) is 0 Å². The Morgan fingerprint density at radius 2 is 1.95 bits per heavy atom. The van der Waals surface area contributed by atoms with Crippen LogP contribution in [0.25, 0.3) is 0 Å². The van der Waals surface area contributed by atoms with Crippen molar-refractivity contribution in [2.75, 3.05) is 40.5 Å². The number of nitrogen functional groups attached to an aromatic ring is 1. The maximum Gasteiger partial charge on any atom is 0.300 e. The van der Waals surface area contributed by atoms with Crippen molar-refractivity contribution in [1.29, 1.82) is 0 Å². The summed E-state index contributed by atoms with van der Waals surface area (Å²) in [6.07, 6.45) is 0. The number of hydrogen-bond donors (Lipinski definition) is 2. The molecule has 0 saturated carbocycles. The van der Waals surface area contributed by atoms with Gasteiger partial charge >= 0.3 is 5.91 Å². The Labute approximate surface area is 112 Å². The molecule has 0 spiro atoms. The first-order chi connectivity index (χ1) is 9.21. The number of rotatable bonds is 9. The highest BCUT2D eigenvalue weighted by Gasteiger charge is 2.12. The normalized spacial score (nSPS) is 10.9. The molecule has 0 bridgehead atoms. The molecule has 3 N–H and O–H groups in total. The van der Waals surface area contributed by atoms with Crippen LogP contribution in [0.3, 0.4) is 0 Å².